The molecule has 0 spiro atoms. The smallest absolute Gasteiger partial charge is 0.274 e. The van der Waals surface area contributed by atoms with Gasteiger partial charge in [-0.15, -0.1) is 0 Å². The number of carbonyl (C=O) groups is 2. The van der Waals surface area contributed by atoms with Crippen LogP contribution in [0.5, 0.6) is 11.5 Å². The molecule has 0 atom stereocenters. The van der Waals surface area contributed by atoms with E-state index in [0.717, 1.165) is 5.56 Å². The minimum Gasteiger partial charge on any atom is -0.493 e. The van der Waals surface area contributed by atoms with Crippen LogP contribution in [0.4, 0.5) is 0 Å². The fourth-order valence-corrected chi connectivity index (χ4v) is 3.25. The van der Waals surface area contributed by atoms with Gasteiger partial charge in [0.15, 0.2) is 11.5 Å². The van der Waals surface area contributed by atoms with E-state index in [-0.39, 0.29) is 24.3 Å². The first-order valence-corrected chi connectivity index (χ1v) is 9.16. The van der Waals surface area contributed by atoms with Crippen LogP contribution in [-0.2, 0) is 11.2 Å². The molecule has 0 aliphatic carbocycles. The van der Waals surface area contributed by atoms with E-state index in [2.05, 4.69) is 15.3 Å². The molecule has 2 heterocycles. The van der Waals surface area contributed by atoms with Gasteiger partial charge in [0.2, 0.25) is 5.91 Å². The standard InChI is InChI=1S/C20H24N4O4/c1-27-17-4-3-14(11-18(17)28-2)12-19(25)23-15-5-9-24(10-6-15)20(26)16-13-21-7-8-22-16/h3-4,7-8,11,13,15H,5-6,9-10,12H2,1-2H3,(H,23,25). The van der Waals surface area contributed by atoms with E-state index in [1.807, 2.05) is 6.07 Å². The van der Waals surface area contributed by atoms with Crippen LogP contribution in [0.1, 0.15) is 28.9 Å². The third-order valence-electron chi connectivity index (χ3n) is 4.74. The molecule has 1 aromatic carbocycles. The number of nitrogens with one attached hydrogen (secondary N) is 1. The Morgan fingerprint density at radius 2 is 1.89 bits per heavy atom. The molecule has 8 heteroatoms. The molecule has 0 unspecified atom stereocenters. The Labute approximate surface area is 163 Å². The van der Waals surface area contributed by atoms with Crippen molar-refractivity contribution in [3.05, 3.63) is 48.0 Å². The number of benzene rings is 1. The van der Waals surface area contributed by atoms with Gasteiger partial charge in [-0.2, -0.15) is 0 Å². The normalized spacial score (nSPS) is 14.4. The molecule has 28 heavy (non-hydrogen) atoms. The first-order valence-electron chi connectivity index (χ1n) is 9.16. The molecule has 1 aliphatic heterocycles. The lowest BCUT2D eigenvalue weighted by atomic mass is 10.0. The average Bonchev–Trinajstić information content (AvgIpc) is 2.74. The van der Waals surface area contributed by atoms with Crippen molar-refractivity contribution in [3.63, 3.8) is 0 Å². The van der Waals surface area contributed by atoms with Gasteiger partial charge < -0.3 is 19.7 Å². The summed E-state index contributed by atoms with van der Waals surface area (Å²) in [7, 11) is 3.14. The van der Waals surface area contributed by atoms with Crippen LogP contribution in [0.3, 0.4) is 0 Å². The van der Waals surface area contributed by atoms with Gasteiger partial charge >= 0.3 is 0 Å². The molecule has 0 bridgehead atoms. The predicted octanol–water partition coefficient (Wildman–Crippen LogP) is 1.46. The van der Waals surface area contributed by atoms with E-state index in [1.165, 1.54) is 18.6 Å². The van der Waals surface area contributed by atoms with E-state index in [9.17, 15) is 9.59 Å². The number of piperidine rings is 1. The number of ether oxygens (including phenoxy) is 2. The third kappa shape index (κ3) is 4.76. The minimum atomic E-state index is -0.122. The van der Waals surface area contributed by atoms with E-state index < -0.39 is 0 Å². The van der Waals surface area contributed by atoms with Crippen molar-refractivity contribution in [1.29, 1.82) is 0 Å². The highest BCUT2D eigenvalue weighted by Crippen LogP contribution is 2.27. The van der Waals surface area contributed by atoms with Gasteiger partial charge in [0.25, 0.3) is 5.91 Å². The van der Waals surface area contributed by atoms with Crippen molar-refractivity contribution in [3.8, 4) is 11.5 Å². The zero-order valence-corrected chi connectivity index (χ0v) is 16.1. The second-order valence-electron chi connectivity index (χ2n) is 6.59. The van der Waals surface area contributed by atoms with Crippen molar-refractivity contribution >= 4 is 11.8 Å². The van der Waals surface area contributed by atoms with Crippen molar-refractivity contribution in [2.45, 2.75) is 25.3 Å². The Balaban J connectivity index is 1.49. The molecule has 1 saturated heterocycles. The second-order valence-corrected chi connectivity index (χ2v) is 6.59. The number of aromatic nitrogens is 2. The molecule has 1 N–H and O–H groups in total. The van der Waals surface area contributed by atoms with E-state index in [4.69, 9.17) is 9.47 Å². The number of amides is 2. The SMILES string of the molecule is COc1ccc(CC(=O)NC2CCN(C(=O)c3cnccn3)CC2)cc1OC. The number of rotatable bonds is 6. The zero-order valence-electron chi connectivity index (χ0n) is 16.1. The molecule has 0 saturated carbocycles. The van der Waals surface area contributed by atoms with E-state index >= 15 is 0 Å². The Morgan fingerprint density at radius 1 is 1.14 bits per heavy atom. The largest absolute Gasteiger partial charge is 0.493 e. The highest BCUT2D eigenvalue weighted by Gasteiger charge is 2.25. The van der Waals surface area contributed by atoms with Crippen LogP contribution >= 0.6 is 0 Å². The van der Waals surface area contributed by atoms with Gasteiger partial charge in [0.05, 0.1) is 26.8 Å². The predicted molar refractivity (Wildman–Crippen MR) is 102 cm³/mol. The van der Waals surface area contributed by atoms with Crippen molar-refractivity contribution < 1.29 is 19.1 Å². The topological polar surface area (TPSA) is 93.7 Å². The average molecular weight is 384 g/mol. The highest BCUT2D eigenvalue weighted by molar-refractivity contribution is 5.92. The number of nitrogens with zero attached hydrogens (tertiary/aromatic N) is 3. The van der Waals surface area contributed by atoms with E-state index in [0.29, 0.717) is 43.1 Å². The maximum Gasteiger partial charge on any atom is 0.274 e. The monoisotopic (exact) mass is 384 g/mol. The summed E-state index contributed by atoms with van der Waals surface area (Å²) in [5.74, 6) is 1.06. The second kappa shape index (κ2) is 9.16. The Kier molecular flexibility index (Phi) is 6.41. The van der Waals surface area contributed by atoms with Gasteiger partial charge in [-0.3, -0.25) is 14.6 Å². The summed E-state index contributed by atoms with van der Waals surface area (Å²) >= 11 is 0. The summed E-state index contributed by atoms with van der Waals surface area (Å²) in [6, 6.07) is 5.50. The molecule has 1 aliphatic rings. The summed E-state index contributed by atoms with van der Waals surface area (Å²) in [5.41, 5.74) is 1.20. The number of carbonyl (C=O) groups excluding carboxylic acids is 2. The quantitative estimate of drug-likeness (QED) is 0.810. The molecule has 8 nitrogen and oxygen atoms in total. The molecule has 1 fully saturated rings. The molecule has 1 aromatic heterocycles. The molecule has 3 rings (SSSR count). The summed E-state index contributed by atoms with van der Waals surface area (Å²) < 4.78 is 10.5. The Bertz CT molecular complexity index is 820. The van der Waals surface area contributed by atoms with Crippen molar-refractivity contribution in [1.82, 2.24) is 20.2 Å². The third-order valence-corrected chi connectivity index (χ3v) is 4.74. The fourth-order valence-electron chi connectivity index (χ4n) is 3.25. The molecular weight excluding hydrogens is 360 g/mol. The number of hydrogen-bond acceptors (Lipinski definition) is 6. The van der Waals surface area contributed by atoms with Crippen molar-refractivity contribution in [2.75, 3.05) is 27.3 Å². The van der Waals surface area contributed by atoms with Crippen LogP contribution < -0.4 is 14.8 Å². The lowest BCUT2D eigenvalue weighted by molar-refractivity contribution is -0.121. The molecular formula is C20H24N4O4. The first-order chi connectivity index (χ1) is 13.6. The molecule has 2 aromatic rings. The summed E-state index contributed by atoms with van der Waals surface area (Å²) in [4.78, 5) is 34.5. The van der Waals surface area contributed by atoms with E-state index in [1.54, 1.807) is 31.3 Å². The van der Waals surface area contributed by atoms with Crippen LogP contribution in [0.25, 0.3) is 0 Å². The molecule has 148 valence electrons. The maximum atomic E-state index is 12.4. The Morgan fingerprint density at radius 3 is 2.54 bits per heavy atom. The maximum absolute atomic E-state index is 12.4. The molecule has 0 radical (unpaired) electrons. The van der Waals surface area contributed by atoms with Gasteiger partial charge in [0.1, 0.15) is 5.69 Å². The lowest BCUT2D eigenvalue weighted by Crippen LogP contribution is -2.47. The van der Waals surface area contributed by atoms with Crippen LogP contribution in [-0.4, -0.2) is 60.0 Å². The lowest BCUT2D eigenvalue weighted by Gasteiger charge is -2.32. The number of methoxy groups -OCH3 is 2. The highest BCUT2D eigenvalue weighted by atomic mass is 16.5. The van der Waals surface area contributed by atoms with Gasteiger partial charge in [-0.05, 0) is 30.5 Å². The Hall–Kier alpha value is -3.16. The minimum absolute atomic E-state index is 0.0501. The van der Waals surface area contributed by atoms with Gasteiger partial charge in [-0.25, -0.2) is 4.98 Å². The van der Waals surface area contributed by atoms with Gasteiger partial charge in [0, 0.05) is 31.5 Å². The van der Waals surface area contributed by atoms with Crippen LogP contribution in [0.2, 0.25) is 0 Å². The first kappa shape index (κ1) is 19.6. The summed E-state index contributed by atoms with van der Waals surface area (Å²) in [5, 5.41) is 3.06. The van der Waals surface area contributed by atoms with Crippen LogP contribution in [0, 0.1) is 0 Å². The number of likely N-dealkylation sites (tertiary alicyclic amines) is 1. The van der Waals surface area contributed by atoms with Crippen LogP contribution in [0.15, 0.2) is 36.8 Å². The summed E-state index contributed by atoms with van der Waals surface area (Å²) in [6.07, 6.45) is 6.21. The molecule has 2 amide bonds. The van der Waals surface area contributed by atoms with Gasteiger partial charge in [-0.1, -0.05) is 6.07 Å². The summed E-state index contributed by atoms with van der Waals surface area (Å²) in [6.45, 7) is 1.16. The number of hydrogen-bond donors (Lipinski definition) is 1. The van der Waals surface area contributed by atoms with Crippen molar-refractivity contribution in [2.24, 2.45) is 0 Å². The fraction of sp³-hybridized carbons (Fsp3) is 0.400. The zero-order chi connectivity index (χ0) is 19.9.